The van der Waals surface area contributed by atoms with Crippen LogP contribution in [-0.4, -0.2) is 42.5 Å². The number of benzene rings is 1. The van der Waals surface area contributed by atoms with E-state index in [1.54, 1.807) is 32.0 Å². The average molecular weight is 428 g/mol. The fraction of sp³-hybridized carbons (Fsp3) is 0.190. The number of rotatable bonds is 7. The zero-order chi connectivity index (χ0) is 21.7. The Labute approximate surface area is 173 Å². The maximum Gasteiger partial charge on any atom is 0.356 e. The van der Waals surface area contributed by atoms with Gasteiger partial charge in [-0.25, -0.2) is 27.0 Å². The molecule has 3 rings (SSSR count). The minimum absolute atomic E-state index is 0.0324. The van der Waals surface area contributed by atoms with Gasteiger partial charge in [-0.05, 0) is 38.1 Å². The van der Waals surface area contributed by atoms with Crippen molar-refractivity contribution in [2.24, 2.45) is 0 Å². The lowest BCUT2D eigenvalue weighted by Crippen LogP contribution is -2.12. The van der Waals surface area contributed by atoms with Gasteiger partial charge in [-0.15, -0.1) is 0 Å². The molecule has 0 aliphatic rings. The van der Waals surface area contributed by atoms with Gasteiger partial charge in [0.2, 0.25) is 0 Å². The first-order valence-corrected chi connectivity index (χ1v) is 10.7. The van der Waals surface area contributed by atoms with Crippen LogP contribution >= 0.6 is 0 Å². The molecule has 9 heteroatoms. The van der Waals surface area contributed by atoms with Crippen molar-refractivity contribution < 1.29 is 27.5 Å². The van der Waals surface area contributed by atoms with Crippen molar-refractivity contribution in [2.75, 3.05) is 13.2 Å². The van der Waals surface area contributed by atoms with Crippen LogP contribution in [0.25, 0.3) is 17.0 Å². The highest BCUT2D eigenvalue weighted by Crippen LogP contribution is 2.27. The molecule has 8 nitrogen and oxygen atoms in total. The summed E-state index contributed by atoms with van der Waals surface area (Å²) in [5, 5.41) is 0.424. The standard InChI is InChI=1S/C21H20N2O6S/c1-3-28-20(24)11-10-15-14-23(30(26,27)16-8-6-5-7-9-16)19-13-22-18(12-17(15)19)21(25)29-4-2/h5-14H,3-4H2,1-2H3/b11-10+. The first-order valence-electron chi connectivity index (χ1n) is 9.22. The van der Waals surface area contributed by atoms with Crippen molar-refractivity contribution in [1.82, 2.24) is 8.96 Å². The number of carbonyl (C=O) groups excluding carboxylic acids is 2. The Hall–Kier alpha value is -3.46. The summed E-state index contributed by atoms with van der Waals surface area (Å²) in [4.78, 5) is 27.9. The number of aromatic nitrogens is 2. The summed E-state index contributed by atoms with van der Waals surface area (Å²) < 4.78 is 37.2. The van der Waals surface area contributed by atoms with Gasteiger partial charge in [0, 0.05) is 23.2 Å². The lowest BCUT2D eigenvalue weighted by Gasteiger charge is -2.07. The van der Waals surface area contributed by atoms with Crippen molar-refractivity contribution in [2.45, 2.75) is 18.7 Å². The van der Waals surface area contributed by atoms with E-state index >= 15 is 0 Å². The topological polar surface area (TPSA) is 105 Å². The molecule has 1 aromatic carbocycles. The van der Waals surface area contributed by atoms with Gasteiger partial charge >= 0.3 is 11.9 Å². The fourth-order valence-electron chi connectivity index (χ4n) is 2.82. The molecule has 0 amide bonds. The van der Waals surface area contributed by atoms with Crippen LogP contribution in [0.5, 0.6) is 0 Å². The molecule has 30 heavy (non-hydrogen) atoms. The monoisotopic (exact) mass is 428 g/mol. The number of carbonyl (C=O) groups is 2. The second kappa shape index (κ2) is 8.91. The number of pyridine rings is 1. The Morgan fingerprint density at radius 2 is 1.80 bits per heavy atom. The molecular formula is C21H20N2O6S. The van der Waals surface area contributed by atoms with Crippen molar-refractivity contribution >= 4 is 38.9 Å². The number of ether oxygens (including phenoxy) is 2. The Morgan fingerprint density at radius 3 is 2.47 bits per heavy atom. The van der Waals surface area contributed by atoms with Crippen LogP contribution in [-0.2, 0) is 24.3 Å². The Balaban J connectivity index is 2.19. The van der Waals surface area contributed by atoms with Crippen LogP contribution in [0.4, 0.5) is 0 Å². The molecule has 0 spiro atoms. The summed E-state index contributed by atoms with van der Waals surface area (Å²) in [6, 6.07) is 9.36. The molecule has 0 N–H and O–H groups in total. The van der Waals surface area contributed by atoms with Crippen molar-refractivity contribution in [3.63, 3.8) is 0 Å². The minimum atomic E-state index is -3.93. The molecule has 0 fully saturated rings. The summed E-state index contributed by atoms with van der Waals surface area (Å²) >= 11 is 0. The SMILES string of the molecule is CCOC(=O)/C=C/c1cn(S(=O)(=O)c2ccccc2)c2cnc(C(=O)OCC)cc12. The largest absolute Gasteiger partial charge is 0.463 e. The van der Waals surface area contributed by atoms with Crippen LogP contribution in [0.15, 0.2) is 59.8 Å². The fourth-order valence-corrected chi connectivity index (χ4v) is 4.21. The Bertz CT molecular complexity index is 1210. The third kappa shape index (κ3) is 4.25. The molecule has 156 valence electrons. The third-order valence-corrected chi connectivity index (χ3v) is 5.85. The highest BCUT2D eigenvalue weighted by atomic mass is 32.2. The van der Waals surface area contributed by atoms with Crippen LogP contribution in [0, 0.1) is 0 Å². The molecule has 0 radical (unpaired) electrons. The molecular weight excluding hydrogens is 408 g/mol. The smallest absolute Gasteiger partial charge is 0.356 e. The molecule has 0 bridgehead atoms. The van der Waals surface area contributed by atoms with E-state index in [0.717, 1.165) is 3.97 Å². The van der Waals surface area contributed by atoms with Crippen molar-refractivity contribution in [3.05, 3.63) is 66.1 Å². The van der Waals surface area contributed by atoms with Crippen LogP contribution < -0.4 is 0 Å². The zero-order valence-electron chi connectivity index (χ0n) is 16.4. The summed E-state index contributed by atoms with van der Waals surface area (Å²) in [5.41, 5.74) is 0.700. The van der Waals surface area contributed by atoms with Crippen LogP contribution in [0.1, 0.15) is 29.9 Å². The van der Waals surface area contributed by atoms with E-state index in [-0.39, 0.29) is 29.3 Å². The quantitative estimate of drug-likeness (QED) is 0.421. The first kappa shape index (κ1) is 21.3. The lowest BCUT2D eigenvalue weighted by molar-refractivity contribution is -0.137. The van der Waals surface area contributed by atoms with Gasteiger partial charge in [-0.3, -0.25) is 0 Å². The summed E-state index contributed by atoms with van der Waals surface area (Å²) in [6.07, 6.45) is 5.30. The predicted molar refractivity (Wildman–Crippen MR) is 110 cm³/mol. The molecule has 0 aliphatic carbocycles. The normalized spacial score (nSPS) is 11.7. The maximum absolute atomic E-state index is 13.2. The van der Waals surface area contributed by atoms with Gasteiger partial charge < -0.3 is 9.47 Å². The van der Waals surface area contributed by atoms with Crippen molar-refractivity contribution in [3.8, 4) is 0 Å². The van der Waals surface area contributed by atoms with E-state index in [2.05, 4.69) is 4.98 Å². The first-order chi connectivity index (χ1) is 14.4. The van der Waals surface area contributed by atoms with Gasteiger partial charge in [0.25, 0.3) is 10.0 Å². The predicted octanol–water partition coefficient (Wildman–Crippen LogP) is 3.03. The number of hydrogen-bond acceptors (Lipinski definition) is 7. The summed E-state index contributed by atoms with van der Waals surface area (Å²) in [6.45, 7) is 3.75. The van der Waals surface area contributed by atoms with Gasteiger partial charge in [0.1, 0.15) is 5.69 Å². The highest BCUT2D eigenvalue weighted by Gasteiger charge is 2.22. The average Bonchev–Trinajstić information content (AvgIpc) is 3.12. The van der Waals surface area contributed by atoms with E-state index in [4.69, 9.17) is 9.47 Å². The molecule has 0 unspecified atom stereocenters. The molecule has 0 saturated heterocycles. The molecule has 0 atom stereocenters. The molecule has 0 aliphatic heterocycles. The number of esters is 2. The third-order valence-electron chi connectivity index (χ3n) is 4.16. The van der Waals surface area contributed by atoms with E-state index in [1.165, 1.54) is 42.7 Å². The maximum atomic E-state index is 13.2. The lowest BCUT2D eigenvalue weighted by atomic mass is 10.1. The number of nitrogens with zero attached hydrogens (tertiary/aromatic N) is 2. The van der Waals surface area contributed by atoms with E-state index in [1.807, 2.05) is 0 Å². The summed E-state index contributed by atoms with van der Waals surface area (Å²) in [5.74, 6) is -1.19. The van der Waals surface area contributed by atoms with Gasteiger partial charge in [-0.2, -0.15) is 0 Å². The number of fused-ring (bicyclic) bond motifs is 1. The highest BCUT2D eigenvalue weighted by molar-refractivity contribution is 7.90. The van der Waals surface area contributed by atoms with Gasteiger partial charge in [0.05, 0.1) is 29.8 Å². The minimum Gasteiger partial charge on any atom is -0.463 e. The molecule has 3 aromatic rings. The van der Waals surface area contributed by atoms with Crippen LogP contribution in [0.2, 0.25) is 0 Å². The molecule has 2 heterocycles. The Kier molecular flexibility index (Phi) is 6.31. The summed E-state index contributed by atoms with van der Waals surface area (Å²) in [7, 11) is -3.93. The van der Waals surface area contributed by atoms with E-state index in [0.29, 0.717) is 10.9 Å². The van der Waals surface area contributed by atoms with Crippen LogP contribution in [0.3, 0.4) is 0 Å². The van der Waals surface area contributed by atoms with Gasteiger partial charge in [0.15, 0.2) is 0 Å². The number of hydrogen-bond donors (Lipinski definition) is 0. The van der Waals surface area contributed by atoms with Crippen molar-refractivity contribution in [1.29, 1.82) is 0 Å². The van der Waals surface area contributed by atoms with E-state index in [9.17, 15) is 18.0 Å². The van der Waals surface area contributed by atoms with Gasteiger partial charge in [-0.1, -0.05) is 18.2 Å². The second-order valence-electron chi connectivity index (χ2n) is 6.09. The van der Waals surface area contributed by atoms with E-state index < -0.39 is 22.0 Å². The molecule has 0 saturated carbocycles. The Morgan fingerprint density at radius 1 is 1.10 bits per heavy atom. The zero-order valence-corrected chi connectivity index (χ0v) is 17.3. The molecule has 2 aromatic heterocycles. The second-order valence-corrected chi connectivity index (χ2v) is 7.91.